The van der Waals surface area contributed by atoms with Crippen molar-refractivity contribution in [1.29, 1.82) is 0 Å². The quantitative estimate of drug-likeness (QED) is 0.651. The molecule has 1 aromatic carbocycles. The van der Waals surface area contributed by atoms with E-state index in [4.69, 9.17) is 11.5 Å². The molecule has 0 aliphatic carbocycles. The van der Waals surface area contributed by atoms with Crippen LogP contribution in [0.1, 0.15) is 17.3 Å². The largest absolute Gasteiger partial charge is 0.397 e. The molecule has 0 radical (unpaired) electrons. The van der Waals surface area contributed by atoms with E-state index in [0.29, 0.717) is 11.3 Å². The number of hydrogen-bond acceptors (Lipinski definition) is 4. The summed E-state index contributed by atoms with van der Waals surface area (Å²) < 4.78 is 0. The number of nitrogen functional groups attached to an aromatic ring is 1. The molecule has 2 amide bonds. The van der Waals surface area contributed by atoms with Crippen LogP contribution in [-0.2, 0) is 4.79 Å². The van der Waals surface area contributed by atoms with Gasteiger partial charge in [0.1, 0.15) is 6.04 Å². The van der Waals surface area contributed by atoms with Gasteiger partial charge in [0.25, 0.3) is 5.91 Å². The number of nitrogens with two attached hydrogens (primary N) is 2. The van der Waals surface area contributed by atoms with Crippen molar-refractivity contribution in [3.63, 3.8) is 0 Å². The molecule has 0 aliphatic rings. The Kier molecular flexibility index (Phi) is 4.14. The van der Waals surface area contributed by atoms with Gasteiger partial charge in [-0.05, 0) is 25.1 Å². The normalized spacial score (nSPS) is 11.7. The van der Waals surface area contributed by atoms with Gasteiger partial charge in [0.15, 0.2) is 0 Å². The van der Waals surface area contributed by atoms with Gasteiger partial charge in [0.2, 0.25) is 5.91 Å². The maximum absolute atomic E-state index is 11.8. The average Bonchev–Trinajstić information content (AvgIpc) is 2.27. The minimum absolute atomic E-state index is 0.377. The number of anilines is 2. The summed E-state index contributed by atoms with van der Waals surface area (Å²) in [6.45, 7) is 1.53. The van der Waals surface area contributed by atoms with E-state index in [1.807, 2.05) is 19.0 Å². The van der Waals surface area contributed by atoms with Gasteiger partial charge < -0.3 is 21.7 Å². The van der Waals surface area contributed by atoms with E-state index < -0.39 is 11.9 Å². The summed E-state index contributed by atoms with van der Waals surface area (Å²) in [6, 6.07) is 4.25. The molecule has 18 heavy (non-hydrogen) atoms. The number of hydrogen-bond donors (Lipinski definition) is 3. The second-order valence-electron chi connectivity index (χ2n) is 4.27. The molecular weight excluding hydrogens is 232 g/mol. The van der Waals surface area contributed by atoms with Gasteiger partial charge in [-0.3, -0.25) is 9.59 Å². The molecule has 1 unspecified atom stereocenters. The lowest BCUT2D eigenvalue weighted by Gasteiger charge is -2.16. The van der Waals surface area contributed by atoms with Crippen molar-refractivity contribution in [2.45, 2.75) is 13.0 Å². The second kappa shape index (κ2) is 5.39. The Labute approximate surface area is 106 Å². The second-order valence-corrected chi connectivity index (χ2v) is 4.27. The molecule has 6 nitrogen and oxygen atoms in total. The highest BCUT2D eigenvalue weighted by molar-refractivity contribution is 5.98. The molecule has 0 aliphatic heterocycles. The van der Waals surface area contributed by atoms with Gasteiger partial charge in [0.05, 0.1) is 11.4 Å². The van der Waals surface area contributed by atoms with Crippen LogP contribution >= 0.6 is 0 Å². The summed E-state index contributed by atoms with van der Waals surface area (Å²) in [5.41, 5.74) is 12.6. The van der Waals surface area contributed by atoms with Gasteiger partial charge in [-0.2, -0.15) is 0 Å². The molecule has 5 N–H and O–H groups in total. The number of carbonyl (C=O) groups excluding carboxylic acids is 2. The third kappa shape index (κ3) is 3.13. The van der Waals surface area contributed by atoms with Crippen molar-refractivity contribution in [2.24, 2.45) is 5.73 Å². The Morgan fingerprint density at radius 1 is 1.33 bits per heavy atom. The summed E-state index contributed by atoms with van der Waals surface area (Å²) in [4.78, 5) is 24.5. The van der Waals surface area contributed by atoms with Crippen LogP contribution in [0.2, 0.25) is 0 Å². The number of benzene rings is 1. The summed E-state index contributed by atoms with van der Waals surface area (Å²) in [5.74, 6) is -0.959. The van der Waals surface area contributed by atoms with E-state index in [0.717, 1.165) is 5.69 Å². The molecule has 0 heterocycles. The van der Waals surface area contributed by atoms with Crippen LogP contribution in [0, 0.1) is 0 Å². The summed E-state index contributed by atoms with van der Waals surface area (Å²) in [5, 5.41) is 2.49. The monoisotopic (exact) mass is 250 g/mol. The summed E-state index contributed by atoms with van der Waals surface area (Å²) in [7, 11) is 3.72. The third-order valence-electron chi connectivity index (χ3n) is 2.55. The van der Waals surface area contributed by atoms with E-state index in [2.05, 4.69) is 5.32 Å². The zero-order valence-corrected chi connectivity index (χ0v) is 10.7. The molecule has 0 saturated heterocycles. The Morgan fingerprint density at radius 2 is 1.94 bits per heavy atom. The predicted octanol–water partition coefficient (Wildman–Crippen LogP) is -0.0616. The molecule has 0 bridgehead atoms. The fourth-order valence-electron chi connectivity index (χ4n) is 1.45. The van der Waals surface area contributed by atoms with Crippen LogP contribution < -0.4 is 21.7 Å². The van der Waals surface area contributed by atoms with Crippen molar-refractivity contribution in [2.75, 3.05) is 24.7 Å². The Morgan fingerprint density at radius 3 is 2.39 bits per heavy atom. The van der Waals surface area contributed by atoms with Crippen LogP contribution in [0.5, 0.6) is 0 Å². The van der Waals surface area contributed by atoms with E-state index in [-0.39, 0.29) is 5.91 Å². The van der Waals surface area contributed by atoms with Crippen molar-refractivity contribution < 1.29 is 9.59 Å². The smallest absolute Gasteiger partial charge is 0.251 e. The van der Waals surface area contributed by atoms with E-state index >= 15 is 0 Å². The maximum Gasteiger partial charge on any atom is 0.251 e. The minimum atomic E-state index is -0.716. The van der Waals surface area contributed by atoms with Gasteiger partial charge >= 0.3 is 0 Å². The van der Waals surface area contributed by atoms with Crippen LogP contribution in [0.15, 0.2) is 18.2 Å². The van der Waals surface area contributed by atoms with E-state index in [1.165, 1.54) is 6.92 Å². The lowest BCUT2D eigenvalue weighted by atomic mass is 10.1. The highest BCUT2D eigenvalue weighted by atomic mass is 16.2. The molecule has 1 atom stereocenters. The van der Waals surface area contributed by atoms with Crippen molar-refractivity contribution >= 4 is 23.2 Å². The van der Waals surface area contributed by atoms with E-state index in [1.54, 1.807) is 18.2 Å². The highest BCUT2D eigenvalue weighted by Gasteiger charge is 2.14. The minimum Gasteiger partial charge on any atom is -0.397 e. The average molecular weight is 250 g/mol. The van der Waals surface area contributed by atoms with E-state index in [9.17, 15) is 9.59 Å². The molecular formula is C12H18N4O2. The Bertz CT molecular complexity index is 471. The zero-order chi connectivity index (χ0) is 13.9. The number of rotatable bonds is 4. The van der Waals surface area contributed by atoms with Crippen LogP contribution in [0.4, 0.5) is 11.4 Å². The first-order chi connectivity index (χ1) is 8.32. The molecule has 0 saturated carbocycles. The van der Waals surface area contributed by atoms with Crippen LogP contribution in [0.25, 0.3) is 0 Å². The fourth-order valence-corrected chi connectivity index (χ4v) is 1.45. The lowest BCUT2D eigenvalue weighted by Crippen LogP contribution is -2.42. The predicted molar refractivity (Wildman–Crippen MR) is 71.3 cm³/mol. The zero-order valence-electron chi connectivity index (χ0n) is 10.7. The highest BCUT2D eigenvalue weighted by Crippen LogP contribution is 2.22. The number of amides is 2. The third-order valence-corrected chi connectivity index (χ3v) is 2.55. The Hall–Kier alpha value is -2.24. The first-order valence-corrected chi connectivity index (χ1v) is 5.50. The summed E-state index contributed by atoms with van der Waals surface area (Å²) in [6.07, 6.45) is 0. The molecule has 1 aromatic rings. The van der Waals surface area contributed by atoms with Gasteiger partial charge in [-0.1, -0.05) is 0 Å². The Balaban J connectivity index is 2.88. The molecule has 1 rings (SSSR count). The first-order valence-electron chi connectivity index (χ1n) is 5.50. The molecule has 0 spiro atoms. The van der Waals surface area contributed by atoms with Gasteiger partial charge in [-0.15, -0.1) is 0 Å². The van der Waals surface area contributed by atoms with Crippen LogP contribution in [-0.4, -0.2) is 32.0 Å². The SMILES string of the molecule is CC(NC(=O)c1ccc(N(C)C)c(N)c1)C(N)=O. The number of nitrogens with one attached hydrogen (secondary N) is 1. The number of carbonyl (C=O) groups is 2. The molecule has 6 heteroatoms. The molecule has 0 aromatic heterocycles. The standard InChI is InChI=1S/C12H18N4O2/c1-7(11(14)17)15-12(18)8-4-5-10(16(2)3)9(13)6-8/h4-7H,13H2,1-3H3,(H2,14,17)(H,15,18). The van der Waals surface area contributed by atoms with Gasteiger partial charge in [-0.25, -0.2) is 0 Å². The number of primary amides is 1. The maximum atomic E-state index is 11.8. The van der Waals surface area contributed by atoms with Crippen molar-refractivity contribution in [3.05, 3.63) is 23.8 Å². The van der Waals surface area contributed by atoms with Gasteiger partial charge in [0, 0.05) is 19.7 Å². The summed E-state index contributed by atoms with van der Waals surface area (Å²) >= 11 is 0. The van der Waals surface area contributed by atoms with Crippen molar-refractivity contribution in [3.8, 4) is 0 Å². The van der Waals surface area contributed by atoms with Crippen molar-refractivity contribution in [1.82, 2.24) is 5.32 Å². The fraction of sp³-hybridized carbons (Fsp3) is 0.333. The lowest BCUT2D eigenvalue weighted by molar-refractivity contribution is -0.119. The molecule has 98 valence electrons. The number of nitrogens with zero attached hydrogens (tertiary/aromatic N) is 1. The van der Waals surface area contributed by atoms with Crippen LogP contribution in [0.3, 0.4) is 0 Å². The molecule has 0 fully saturated rings. The first kappa shape index (κ1) is 13.8. The topological polar surface area (TPSA) is 101 Å².